The maximum atomic E-state index is 12.5. The number of likely N-dealkylation sites (tertiary alicyclic amines) is 1. The minimum Gasteiger partial charge on any atom is -0.333 e. The highest BCUT2D eigenvalue weighted by Gasteiger charge is 2.31. The number of nitrogens with one attached hydrogen (secondary N) is 1. The monoisotopic (exact) mass is 375 g/mol. The zero-order valence-electron chi connectivity index (χ0n) is 15.7. The van der Waals surface area contributed by atoms with E-state index in [-0.39, 0.29) is 11.9 Å². The van der Waals surface area contributed by atoms with E-state index in [1.807, 2.05) is 36.9 Å². The van der Waals surface area contributed by atoms with Crippen LogP contribution >= 0.6 is 11.3 Å². The summed E-state index contributed by atoms with van der Waals surface area (Å²) in [7, 11) is 3.82. The van der Waals surface area contributed by atoms with Crippen LogP contribution in [0, 0.1) is 6.92 Å². The third-order valence-corrected chi connectivity index (χ3v) is 5.21. The van der Waals surface area contributed by atoms with Crippen LogP contribution in [-0.4, -0.2) is 63.1 Å². The Balaban J connectivity index is 1.81. The molecular weight excluding hydrogens is 350 g/mol. The first-order valence-electron chi connectivity index (χ1n) is 8.85. The predicted molar refractivity (Wildman–Crippen MR) is 102 cm³/mol. The van der Waals surface area contributed by atoms with Gasteiger partial charge in [-0.1, -0.05) is 18.3 Å². The molecule has 3 heterocycles. The minimum atomic E-state index is 0.00493. The van der Waals surface area contributed by atoms with Gasteiger partial charge in [0.2, 0.25) is 11.0 Å². The molecule has 0 bridgehead atoms. The van der Waals surface area contributed by atoms with Gasteiger partial charge in [0.25, 0.3) is 0 Å². The number of amides is 1. The van der Waals surface area contributed by atoms with Gasteiger partial charge in [-0.3, -0.25) is 4.79 Å². The summed E-state index contributed by atoms with van der Waals surface area (Å²) >= 11 is 1.52. The van der Waals surface area contributed by atoms with Gasteiger partial charge >= 0.3 is 0 Å². The van der Waals surface area contributed by atoms with E-state index < -0.39 is 0 Å². The van der Waals surface area contributed by atoms with Crippen LogP contribution in [-0.2, 0) is 11.2 Å². The first-order valence-corrected chi connectivity index (χ1v) is 9.67. The molecule has 1 amide bonds. The van der Waals surface area contributed by atoms with Crippen molar-refractivity contribution in [2.75, 3.05) is 32.5 Å². The summed E-state index contributed by atoms with van der Waals surface area (Å²) in [6.45, 7) is 5.11. The van der Waals surface area contributed by atoms with Crippen molar-refractivity contribution in [3.8, 4) is 0 Å². The van der Waals surface area contributed by atoms with Crippen LogP contribution in [0.15, 0.2) is 6.07 Å². The van der Waals surface area contributed by atoms with Gasteiger partial charge in [0.15, 0.2) is 0 Å². The number of anilines is 2. The lowest BCUT2D eigenvalue weighted by atomic mass is 10.1. The standard InChI is InChI=1S/C17H25N7OS/c1-5-15-21-22-17(26-15)20-14-9-12(18-11(2)19-14)13-7-6-8-24(13)16(25)10-23(3)4/h9,13H,5-8,10H2,1-4H3,(H,18,19,20,22). The van der Waals surface area contributed by atoms with Crippen molar-refractivity contribution in [2.45, 2.75) is 39.2 Å². The molecule has 3 rings (SSSR count). The normalized spacial score (nSPS) is 17.1. The van der Waals surface area contributed by atoms with Gasteiger partial charge in [-0.2, -0.15) is 0 Å². The molecular formula is C17H25N7OS. The second-order valence-electron chi connectivity index (χ2n) is 6.69. The lowest BCUT2D eigenvalue weighted by Crippen LogP contribution is -2.37. The number of aromatic nitrogens is 4. The van der Waals surface area contributed by atoms with Gasteiger partial charge in [0, 0.05) is 12.6 Å². The van der Waals surface area contributed by atoms with Crippen molar-refractivity contribution < 1.29 is 4.79 Å². The van der Waals surface area contributed by atoms with E-state index in [4.69, 9.17) is 0 Å². The molecule has 0 saturated carbocycles. The van der Waals surface area contributed by atoms with Crippen LogP contribution in [0.1, 0.15) is 42.3 Å². The summed E-state index contributed by atoms with van der Waals surface area (Å²) in [5.74, 6) is 1.51. The number of hydrogen-bond acceptors (Lipinski definition) is 8. The van der Waals surface area contributed by atoms with Crippen LogP contribution in [0.25, 0.3) is 0 Å². The molecule has 2 aromatic heterocycles. The fourth-order valence-corrected chi connectivity index (χ4v) is 3.80. The molecule has 1 aliphatic heterocycles. The second kappa shape index (κ2) is 8.05. The molecule has 26 heavy (non-hydrogen) atoms. The predicted octanol–water partition coefficient (Wildman–Crippen LogP) is 2.17. The Hall–Kier alpha value is -2.13. The molecule has 2 aromatic rings. The number of nitrogens with zero attached hydrogens (tertiary/aromatic N) is 6. The number of hydrogen-bond donors (Lipinski definition) is 1. The molecule has 8 nitrogen and oxygen atoms in total. The molecule has 0 aromatic carbocycles. The lowest BCUT2D eigenvalue weighted by Gasteiger charge is -2.26. The Morgan fingerprint density at radius 3 is 2.88 bits per heavy atom. The number of likely N-dealkylation sites (N-methyl/N-ethyl adjacent to an activating group) is 1. The zero-order valence-corrected chi connectivity index (χ0v) is 16.5. The van der Waals surface area contributed by atoms with E-state index in [1.54, 1.807) is 0 Å². The van der Waals surface area contributed by atoms with E-state index in [0.717, 1.165) is 41.6 Å². The quantitative estimate of drug-likeness (QED) is 0.828. The topological polar surface area (TPSA) is 87.1 Å². The summed E-state index contributed by atoms with van der Waals surface area (Å²) < 4.78 is 0. The van der Waals surface area contributed by atoms with E-state index in [1.165, 1.54) is 11.3 Å². The van der Waals surface area contributed by atoms with Gasteiger partial charge in [0.05, 0.1) is 18.3 Å². The van der Waals surface area contributed by atoms with Crippen molar-refractivity contribution in [1.82, 2.24) is 30.0 Å². The Kier molecular flexibility index (Phi) is 5.77. The van der Waals surface area contributed by atoms with Crippen LogP contribution in [0.2, 0.25) is 0 Å². The number of rotatable bonds is 6. The van der Waals surface area contributed by atoms with Crippen molar-refractivity contribution in [1.29, 1.82) is 0 Å². The number of aryl methyl sites for hydroxylation is 2. The van der Waals surface area contributed by atoms with Crippen molar-refractivity contribution >= 4 is 28.2 Å². The molecule has 1 atom stereocenters. The Morgan fingerprint density at radius 1 is 1.38 bits per heavy atom. The summed E-state index contributed by atoms with van der Waals surface area (Å²) in [6, 6.07) is 1.93. The smallest absolute Gasteiger partial charge is 0.237 e. The highest BCUT2D eigenvalue weighted by molar-refractivity contribution is 7.15. The van der Waals surface area contributed by atoms with Crippen LogP contribution in [0.4, 0.5) is 10.9 Å². The van der Waals surface area contributed by atoms with Gasteiger partial charge < -0.3 is 15.1 Å². The lowest BCUT2D eigenvalue weighted by molar-refractivity contribution is -0.132. The highest BCUT2D eigenvalue weighted by Crippen LogP contribution is 2.32. The molecule has 140 valence electrons. The molecule has 0 aliphatic carbocycles. The van der Waals surface area contributed by atoms with Gasteiger partial charge in [-0.15, -0.1) is 10.2 Å². The second-order valence-corrected chi connectivity index (χ2v) is 7.75. The first-order chi connectivity index (χ1) is 12.5. The van der Waals surface area contributed by atoms with E-state index in [0.29, 0.717) is 18.2 Å². The number of carbonyl (C=O) groups is 1. The van der Waals surface area contributed by atoms with Crippen molar-refractivity contribution in [2.24, 2.45) is 0 Å². The maximum Gasteiger partial charge on any atom is 0.237 e. The third kappa shape index (κ3) is 4.34. The fraction of sp³-hybridized carbons (Fsp3) is 0.588. The summed E-state index contributed by atoms with van der Waals surface area (Å²) in [6.07, 6.45) is 2.78. The molecule has 1 unspecified atom stereocenters. The van der Waals surface area contributed by atoms with Crippen LogP contribution in [0.3, 0.4) is 0 Å². The van der Waals surface area contributed by atoms with Crippen molar-refractivity contribution in [3.63, 3.8) is 0 Å². The minimum absolute atomic E-state index is 0.00493. The summed E-state index contributed by atoms with van der Waals surface area (Å²) in [4.78, 5) is 25.4. The largest absolute Gasteiger partial charge is 0.333 e. The van der Waals surface area contributed by atoms with Crippen molar-refractivity contribution in [3.05, 3.63) is 22.6 Å². The molecule has 0 radical (unpaired) electrons. The van der Waals surface area contributed by atoms with Gasteiger partial charge in [-0.05, 0) is 40.3 Å². The molecule has 1 saturated heterocycles. The molecule has 1 N–H and O–H groups in total. The summed E-state index contributed by atoms with van der Waals surface area (Å²) in [5.41, 5.74) is 0.879. The average molecular weight is 376 g/mol. The Bertz CT molecular complexity index is 776. The Morgan fingerprint density at radius 2 is 2.19 bits per heavy atom. The van der Waals surface area contributed by atoms with E-state index in [9.17, 15) is 4.79 Å². The molecule has 1 aliphatic rings. The summed E-state index contributed by atoms with van der Waals surface area (Å²) in [5, 5.41) is 13.2. The molecule has 9 heteroatoms. The highest BCUT2D eigenvalue weighted by atomic mass is 32.1. The van der Waals surface area contributed by atoms with Gasteiger partial charge in [0.1, 0.15) is 16.6 Å². The Labute approximate surface area is 157 Å². The molecule has 1 fully saturated rings. The third-order valence-electron chi connectivity index (χ3n) is 4.23. The average Bonchev–Trinajstić information content (AvgIpc) is 3.22. The first kappa shape index (κ1) is 18.7. The molecule has 0 spiro atoms. The van der Waals surface area contributed by atoms with E-state index >= 15 is 0 Å². The zero-order chi connectivity index (χ0) is 18.7. The SMILES string of the molecule is CCc1nnc(Nc2cc(C3CCCN3C(=O)CN(C)C)nc(C)n2)s1. The van der Waals surface area contributed by atoms with Crippen LogP contribution < -0.4 is 5.32 Å². The van der Waals surface area contributed by atoms with Crippen LogP contribution in [0.5, 0.6) is 0 Å². The van der Waals surface area contributed by atoms with Gasteiger partial charge in [-0.25, -0.2) is 9.97 Å². The maximum absolute atomic E-state index is 12.5. The van der Waals surface area contributed by atoms with E-state index in [2.05, 4.69) is 32.4 Å². The fourth-order valence-electron chi connectivity index (χ4n) is 3.12. The number of carbonyl (C=O) groups excluding carboxylic acids is 1.